The Morgan fingerprint density at radius 2 is 1.85 bits per heavy atom. The predicted octanol–water partition coefficient (Wildman–Crippen LogP) is 1.70. The summed E-state index contributed by atoms with van der Waals surface area (Å²) in [6.07, 6.45) is 0. The molecule has 1 aromatic carbocycles. The van der Waals surface area contributed by atoms with Gasteiger partial charge in [-0.2, -0.15) is 0 Å². The normalized spacial score (nSPS) is 23.1. The second kappa shape index (κ2) is 5.61. The lowest BCUT2D eigenvalue weighted by Crippen LogP contribution is -2.63. The molecule has 108 valence electrons. The van der Waals surface area contributed by atoms with Crippen LogP contribution in [0.15, 0.2) is 24.3 Å². The standard InChI is InChI=1S/C15H19FN2O2/c1-9(2)13-15(20)18(10(3)14(19)17-13)8-11-4-6-12(16)7-5-11/h4-7,9-10,13H,8H2,1-3H3,(H,17,19). The Kier molecular flexibility index (Phi) is 4.06. The van der Waals surface area contributed by atoms with Crippen molar-refractivity contribution in [1.29, 1.82) is 0 Å². The summed E-state index contributed by atoms with van der Waals surface area (Å²) >= 11 is 0. The van der Waals surface area contributed by atoms with Crippen molar-refractivity contribution in [1.82, 2.24) is 10.2 Å². The number of hydrogen-bond acceptors (Lipinski definition) is 2. The summed E-state index contributed by atoms with van der Waals surface area (Å²) in [6.45, 7) is 5.81. The van der Waals surface area contributed by atoms with Gasteiger partial charge in [-0.15, -0.1) is 0 Å². The lowest BCUT2D eigenvalue weighted by Gasteiger charge is -2.38. The van der Waals surface area contributed by atoms with E-state index in [1.165, 1.54) is 12.1 Å². The third-order valence-corrected chi connectivity index (χ3v) is 3.63. The molecule has 0 saturated carbocycles. The number of nitrogens with zero attached hydrogens (tertiary/aromatic N) is 1. The summed E-state index contributed by atoms with van der Waals surface area (Å²) in [6, 6.07) is 4.98. The van der Waals surface area contributed by atoms with Crippen molar-refractivity contribution in [3.05, 3.63) is 35.6 Å². The maximum absolute atomic E-state index is 12.9. The summed E-state index contributed by atoms with van der Waals surface area (Å²) < 4.78 is 12.9. The molecule has 1 heterocycles. The van der Waals surface area contributed by atoms with Gasteiger partial charge in [0.05, 0.1) is 0 Å². The lowest BCUT2D eigenvalue weighted by molar-refractivity contribution is -0.150. The lowest BCUT2D eigenvalue weighted by atomic mass is 9.98. The zero-order valence-electron chi connectivity index (χ0n) is 11.9. The van der Waals surface area contributed by atoms with E-state index >= 15 is 0 Å². The number of hydrogen-bond donors (Lipinski definition) is 1. The molecule has 0 radical (unpaired) electrons. The van der Waals surface area contributed by atoms with Gasteiger partial charge in [0.1, 0.15) is 17.9 Å². The molecule has 2 amide bonds. The van der Waals surface area contributed by atoms with Crippen LogP contribution in [0.5, 0.6) is 0 Å². The second-order valence-corrected chi connectivity index (χ2v) is 5.50. The van der Waals surface area contributed by atoms with Gasteiger partial charge in [-0.05, 0) is 30.5 Å². The van der Waals surface area contributed by atoms with E-state index in [4.69, 9.17) is 0 Å². The van der Waals surface area contributed by atoms with Gasteiger partial charge in [-0.3, -0.25) is 9.59 Å². The van der Waals surface area contributed by atoms with Crippen molar-refractivity contribution >= 4 is 11.8 Å². The van der Waals surface area contributed by atoms with Crippen molar-refractivity contribution in [2.45, 2.75) is 39.4 Å². The predicted molar refractivity (Wildman–Crippen MR) is 73.2 cm³/mol. The molecule has 20 heavy (non-hydrogen) atoms. The fourth-order valence-corrected chi connectivity index (χ4v) is 2.30. The number of nitrogens with one attached hydrogen (secondary N) is 1. The van der Waals surface area contributed by atoms with E-state index < -0.39 is 12.1 Å². The molecule has 1 N–H and O–H groups in total. The van der Waals surface area contributed by atoms with Crippen LogP contribution in [0.2, 0.25) is 0 Å². The van der Waals surface area contributed by atoms with Crippen LogP contribution < -0.4 is 5.32 Å². The van der Waals surface area contributed by atoms with E-state index in [0.29, 0.717) is 6.54 Å². The fourth-order valence-electron chi connectivity index (χ4n) is 2.30. The van der Waals surface area contributed by atoms with Crippen LogP contribution in [-0.4, -0.2) is 28.8 Å². The van der Waals surface area contributed by atoms with Crippen LogP contribution in [-0.2, 0) is 16.1 Å². The van der Waals surface area contributed by atoms with Crippen LogP contribution in [0.3, 0.4) is 0 Å². The van der Waals surface area contributed by atoms with Gasteiger partial charge in [0, 0.05) is 6.54 Å². The third-order valence-electron chi connectivity index (χ3n) is 3.63. The van der Waals surface area contributed by atoms with E-state index in [1.807, 2.05) is 13.8 Å². The molecule has 5 heteroatoms. The molecule has 0 spiro atoms. The molecule has 1 aliphatic rings. The molecule has 2 unspecified atom stereocenters. The molecule has 2 atom stereocenters. The fraction of sp³-hybridized carbons (Fsp3) is 0.467. The van der Waals surface area contributed by atoms with Gasteiger partial charge in [0.2, 0.25) is 11.8 Å². The first-order chi connectivity index (χ1) is 9.40. The highest BCUT2D eigenvalue weighted by Crippen LogP contribution is 2.18. The number of carbonyl (C=O) groups excluding carboxylic acids is 2. The van der Waals surface area contributed by atoms with E-state index in [2.05, 4.69) is 5.32 Å². The molecule has 2 rings (SSSR count). The van der Waals surface area contributed by atoms with Gasteiger partial charge in [0.25, 0.3) is 0 Å². The SMILES string of the molecule is CC(C)C1NC(=O)C(C)N(Cc2ccc(F)cc2)C1=O. The molecule has 1 fully saturated rings. The number of rotatable bonds is 3. The Bertz CT molecular complexity index is 513. The van der Waals surface area contributed by atoms with E-state index in [-0.39, 0.29) is 23.5 Å². The van der Waals surface area contributed by atoms with Crippen molar-refractivity contribution in [2.75, 3.05) is 0 Å². The monoisotopic (exact) mass is 278 g/mol. The maximum atomic E-state index is 12.9. The van der Waals surface area contributed by atoms with E-state index in [9.17, 15) is 14.0 Å². The quantitative estimate of drug-likeness (QED) is 0.915. The highest BCUT2D eigenvalue weighted by atomic mass is 19.1. The number of halogens is 1. The minimum absolute atomic E-state index is 0.0367. The number of carbonyl (C=O) groups is 2. The third kappa shape index (κ3) is 2.81. The summed E-state index contributed by atoms with van der Waals surface area (Å²) in [4.78, 5) is 25.9. The molecule has 4 nitrogen and oxygen atoms in total. The zero-order valence-corrected chi connectivity index (χ0v) is 11.9. The Hall–Kier alpha value is -1.91. The van der Waals surface area contributed by atoms with Gasteiger partial charge >= 0.3 is 0 Å². The van der Waals surface area contributed by atoms with Gasteiger partial charge < -0.3 is 10.2 Å². The first kappa shape index (κ1) is 14.5. The minimum Gasteiger partial charge on any atom is -0.342 e. The Balaban J connectivity index is 2.20. The smallest absolute Gasteiger partial charge is 0.246 e. The molecule has 1 aromatic rings. The first-order valence-corrected chi connectivity index (χ1v) is 6.75. The van der Waals surface area contributed by atoms with Crippen LogP contribution >= 0.6 is 0 Å². The van der Waals surface area contributed by atoms with Crippen LogP contribution in [0.4, 0.5) is 4.39 Å². The van der Waals surface area contributed by atoms with Crippen molar-refractivity contribution in [2.24, 2.45) is 5.92 Å². The summed E-state index contributed by atoms with van der Waals surface area (Å²) in [5.41, 5.74) is 0.809. The summed E-state index contributed by atoms with van der Waals surface area (Å²) in [5, 5.41) is 2.75. The van der Waals surface area contributed by atoms with E-state index in [0.717, 1.165) is 5.56 Å². The van der Waals surface area contributed by atoms with Gasteiger partial charge in [-0.25, -0.2) is 4.39 Å². The number of amides is 2. The van der Waals surface area contributed by atoms with Crippen LogP contribution in [0.25, 0.3) is 0 Å². The zero-order chi connectivity index (χ0) is 14.9. The largest absolute Gasteiger partial charge is 0.342 e. The molecule has 1 saturated heterocycles. The topological polar surface area (TPSA) is 49.4 Å². The molecular formula is C15H19FN2O2. The average molecular weight is 278 g/mol. The molecule has 1 aliphatic heterocycles. The van der Waals surface area contributed by atoms with Crippen LogP contribution in [0, 0.1) is 11.7 Å². The first-order valence-electron chi connectivity index (χ1n) is 6.75. The average Bonchev–Trinajstić information content (AvgIpc) is 2.40. The number of benzene rings is 1. The van der Waals surface area contributed by atoms with Gasteiger partial charge in [-0.1, -0.05) is 26.0 Å². The highest BCUT2D eigenvalue weighted by molar-refractivity contribution is 5.96. The van der Waals surface area contributed by atoms with E-state index in [1.54, 1.807) is 24.0 Å². The second-order valence-electron chi connectivity index (χ2n) is 5.50. The molecule has 0 bridgehead atoms. The summed E-state index contributed by atoms with van der Waals surface area (Å²) in [5.74, 6) is -0.513. The highest BCUT2D eigenvalue weighted by Gasteiger charge is 2.39. The maximum Gasteiger partial charge on any atom is 0.246 e. The Labute approximate surface area is 118 Å². The number of piperazine rings is 1. The van der Waals surface area contributed by atoms with Crippen LogP contribution in [0.1, 0.15) is 26.3 Å². The van der Waals surface area contributed by atoms with Gasteiger partial charge in [0.15, 0.2) is 0 Å². The van der Waals surface area contributed by atoms with Crippen molar-refractivity contribution in [3.8, 4) is 0 Å². The van der Waals surface area contributed by atoms with Crippen molar-refractivity contribution in [3.63, 3.8) is 0 Å². The summed E-state index contributed by atoms with van der Waals surface area (Å²) in [7, 11) is 0. The minimum atomic E-state index is -0.512. The van der Waals surface area contributed by atoms with Crippen molar-refractivity contribution < 1.29 is 14.0 Å². The Morgan fingerprint density at radius 1 is 1.25 bits per heavy atom. The molecule has 0 aliphatic carbocycles. The molecule has 0 aromatic heterocycles. The Morgan fingerprint density at radius 3 is 2.40 bits per heavy atom. The molecular weight excluding hydrogens is 259 g/mol.